The predicted molar refractivity (Wildman–Crippen MR) is 86.3 cm³/mol. The van der Waals surface area contributed by atoms with Crippen LogP contribution in [0.2, 0.25) is 0 Å². The van der Waals surface area contributed by atoms with Crippen LogP contribution < -0.4 is 5.73 Å². The summed E-state index contributed by atoms with van der Waals surface area (Å²) in [4.78, 5) is 4.57. The molecule has 0 aliphatic heterocycles. The highest BCUT2D eigenvalue weighted by atomic mass is 79.9. The van der Waals surface area contributed by atoms with Crippen LogP contribution in [0.1, 0.15) is 24.9 Å². The minimum absolute atomic E-state index is 0.110. The lowest BCUT2D eigenvalue weighted by Gasteiger charge is -2.32. The summed E-state index contributed by atoms with van der Waals surface area (Å²) in [6.45, 7) is 4.24. The van der Waals surface area contributed by atoms with Crippen LogP contribution >= 0.6 is 15.9 Å². The molecule has 0 saturated heterocycles. The quantitative estimate of drug-likeness (QED) is 0.835. The van der Waals surface area contributed by atoms with Gasteiger partial charge in [0.05, 0.1) is 0 Å². The third-order valence-corrected chi connectivity index (χ3v) is 3.77. The van der Waals surface area contributed by atoms with E-state index in [-0.39, 0.29) is 12.1 Å². The first-order valence-electron chi connectivity index (χ1n) is 6.78. The van der Waals surface area contributed by atoms with Crippen molar-refractivity contribution < 1.29 is 0 Å². The molecule has 0 bridgehead atoms. The lowest BCUT2D eigenvalue weighted by molar-refractivity contribution is 0.208. The topological polar surface area (TPSA) is 32.5 Å². The molecule has 2 unspecified atom stereocenters. The van der Waals surface area contributed by atoms with Crippen molar-refractivity contribution in [3.05, 3.63) is 34.3 Å². The summed E-state index contributed by atoms with van der Waals surface area (Å²) in [5.41, 5.74) is 7.46. The first kappa shape index (κ1) is 16.6. The maximum Gasteiger partial charge on any atom is 0.0494 e. The fourth-order valence-electron chi connectivity index (χ4n) is 2.43. The molecule has 3 nitrogen and oxygen atoms in total. The Balaban J connectivity index is 2.71. The molecule has 0 aliphatic rings. The van der Waals surface area contributed by atoms with Gasteiger partial charge in [-0.05, 0) is 65.3 Å². The molecular formula is C15H26BrN3. The van der Waals surface area contributed by atoms with Gasteiger partial charge in [-0.15, -0.1) is 0 Å². The van der Waals surface area contributed by atoms with E-state index in [2.05, 4.69) is 72.0 Å². The maximum atomic E-state index is 6.18. The number of halogens is 1. The van der Waals surface area contributed by atoms with Crippen molar-refractivity contribution in [3.63, 3.8) is 0 Å². The van der Waals surface area contributed by atoms with Crippen LogP contribution in [0.3, 0.4) is 0 Å². The summed E-state index contributed by atoms with van der Waals surface area (Å²) in [6, 6.07) is 8.81. The molecule has 0 aromatic heterocycles. The third kappa shape index (κ3) is 5.61. The molecule has 1 aromatic rings. The summed E-state index contributed by atoms with van der Waals surface area (Å²) in [7, 11) is 6.37. The van der Waals surface area contributed by atoms with Gasteiger partial charge in [-0.1, -0.05) is 28.1 Å². The molecule has 1 rings (SSSR count). The van der Waals surface area contributed by atoms with E-state index in [4.69, 9.17) is 5.73 Å². The van der Waals surface area contributed by atoms with Gasteiger partial charge in [-0.25, -0.2) is 0 Å². The second-order valence-corrected chi connectivity index (χ2v) is 6.41. The van der Waals surface area contributed by atoms with E-state index in [9.17, 15) is 0 Å². The first-order chi connectivity index (χ1) is 8.91. The van der Waals surface area contributed by atoms with Crippen molar-refractivity contribution in [2.24, 2.45) is 5.73 Å². The fraction of sp³-hybridized carbons (Fsp3) is 0.600. The number of benzene rings is 1. The minimum Gasteiger partial charge on any atom is -0.326 e. The Labute approximate surface area is 125 Å². The number of rotatable bonds is 7. The highest BCUT2D eigenvalue weighted by molar-refractivity contribution is 9.10. The van der Waals surface area contributed by atoms with Crippen molar-refractivity contribution in [1.82, 2.24) is 9.80 Å². The Morgan fingerprint density at radius 1 is 1.21 bits per heavy atom. The minimum atomic E-state index is 0.110. The Morgan fingerprint density at radius 2 is 1.89 bits per heavy atom. The van der Waals surface area contributed by atoms with Gasteiger partial charge in [0.1, 0.15) is 0 Å². The second kappa shape index (κ2) is 8.00. The molecule has 0 heterocycles. The van der Waals surface area contributed by atoms with Gasteiger partial charge in [0.2, 0.25) is 0 Å². The fourth-order valence-corrected chi connectivity index (χ4v) is 2.84. The average molecular weight is 328 g/mol. The summed E-state index contributed by atoms with van der Waals surface area (Å²) in [6.07, 6.45) is 1.15. The molecule has 4 heteroatoms. The van der Waals surface area contributed by atoms with Gasteiger partial charge in [0.15, 0.2) is 0 Å². The Bertz CT molecular complexity index is 379. The summed E-state index contributed by atoms with van der Waals surface area (Å²) < 4.78 is 1.11. The molecule has 19 heavy (non-hydrogen) atoms. The van der Waals surface area contributed by atoms with E-state index in [0.29, 0.717) is 0 Å². The summed E-state index contributed by atoms with van der Waals surface area (Å²) in [5, 5.41) is 0. The van der Waals surface area contributed by atoms with Crippen molar-refractivity contribution in [2.75, 3.05) is 34.2 Å². The lowest BCUT2D eigenvalue weighted by atomic mass is 9.99. The zero-order valence-corrected chi connectivity index (χ0v) is 14.0. The maximum absolute atomic E-state index is 6.18. The van der Waals surface area contributed by atoms with Gasteiger partial charge < -0.3 is 10.6 Å². The predicted octanol–water partition coefficient (Wildman–Crippen LogP) is 2.72. The lowest BCUT2D eigenvalue weighted by Crippen LogP contribution is -2.38. The monoisotopic (exact) mass is 327 g/mol. The summed E-state index contributed by atoms with van der Waals surface area (Å²) in [5.74, 6) is 0. The molecule has 1 aromatic carbocycles. The molecule has 0 aliphatic carbocycles. The van der Waals surface area contributed by atoms with Crippen LogP contribution in [-0.4, -0.2) is 50.1 Å². The molecule has 0 fully saturated rings. The number of hydrogen-bond donors (Lipinski definition) is 1. The van der Waals surface area contributed by atoms with E-state index in [0.717, 1.165) is 24.0 Å². The molecule has 0 saturated carbocycles. The van der Waals surface area contributed by atoms with Crippen molar-refractivity contribution in [3.8, 4) is 0 Å². The SMILES string of the molecule is CC(N)C(c1cccc(Br)c1)N(C)CCCN(C)C. The highest BCUT2D eigenvalue weighted by Crippen LogP contribution is 2.25. The molecular weight excluding hydrogens is 302 g/mol. The van der Waals surface area contributed by atoms with E-state index >= 15 is 0 Å². The van der Waals surface area contributed by atoms with Crippen LogP contribution in [0.4, 0.5) is 0 Å². The van der Waals surface area contributed by atoms with E-state index in [1.54, 1.807) is 0 Å². The van der Waals surface area contributed by atoms with Crippen LogP contribution in [0.15, 0.2) is 28.7 Å². The standard InChI is InChI=1S/C15H26BrN3/c1-12(17)15(13-7-5-8-14(16)11-13)19(4)10-6-9-18(2)3/h5,7-8,11-12,15H,6,9-10,17H2,1-4H3. The molecule has 0 spiro atoms. The van der Waals surface area contributed by atoms with Gasteiger partial charge in [0, 0.05) is 16.6 Å². The Morgan fingerprint density at radius 3 is 2.42 bits per heavy atom. The van der Waals surface area contributed by atoms with Crippen LogP contribution in [-0.2, 0) is 0 Å². The zero-order chi connectivity index (χ0) is 14.4. The van der Waals surface area contributed by atoms with Gasteiger partial charge in [0.25, 0.3) is 0 Å². The normalized spacial score (nSPS) is 14.9. The summed E-state index contributed by atoms with van der Waals surface area (Å²) >= 11 is 3.53. The zero-order valence-electron chi connectivity index (χ0n) is 12.4. The third-order valence-electron chi connectivity index (χ3n) is 3.28. The van der Waals surface area contributed by atoms with Gasteiger partial charge in [-0.2, -0.15) is 0 Å². The molecule has 0 radical (unpaired) electrons. The van der Waals surface area contributed by atoms with Crippen LogP contribution in [0.25, 0.3) is 0 Å². The number of nitrogens with zero attached hydrogens (tertiary/aromatic N) is 2. The van der Waals surface area contributed by atoms with Gasteiger partial charge >= 0.3 is 0 Å². The molecule has 0 amide bonds. The smallest absolute Gasteiger partial charge is 0.0494 e. The molecule has 2 atom stereocenters. The van der Waals surface area contributed by atoms with Crippen LogP contribution in [0.5, 0.6) is 0 Å². The number of hydrogen-bond acceptors (Lipinski definition) is 3. The molecule has 108 valence electrons. The van der Waals surface area contributed by atoms with Gasteiger partial charge in [-0.3, -0.25) is 4.90 Å². The first-order valence-corrected chi connectivity index (χ1v) is 7.57. The largest absolute Gasteiger partial charge is 0.326 e. The van der Waals surface area contributed by atoms with E-state index in [1.165, 1.54) is 5.56 Å². The Kier molecular flexibility index (Phi) is 7.00. The van der Waals surface area contributed by atoms with Crippen molar-refractivity contribution >= 4 is 15.9 Å². The number of likely N-dealkylation sites (N-methyl/N-ethyl adjacent to an activating group) is 1. The Hall–Kier alpha value is -0.420. The molecule has 2 N–H and O–H groups in total. The number of nitrogens with two attached hydrogens (primary N) is 1. The van der Waals surface area contributed by atoms with Crippen LogP contribution in [0, 0.1) is 0 Å². The highest BCUT2D eigenvalue weighted by Gasteiger charge is 2.20. The van der Waals surface area contributed by atoms with Crippen molar-refractivity contribution in [2.45, 2.75) is 25.4 Å². The van der Waals surface area contributed by atoms with Crippen molar-refractivity contribution in [1.29, 1.82) is 0 Å². The van der Waals surface area contributed by atoms with E-state index in [1.807, 2.05) is 6.07 Å². The van der Waals surface area contributed by atoms with E-state index < -0.39 is 0 Å². The average Bonchev–Trinajstić information content (AvgIpc) is 2.28. The second-order valence-electron chi connectivity index (χ2n) is 5.50.